The first kappa shape index (κ1) is 14.3. The van der Waals surface area contributed by atoms with Crippen LogP contribution < -0.4 is 10.1 Å². The van der Waals surface area contributed by atoms with Crippen molar-refractivity contribution in [3.63, 3.8) is 0 Å². The lowest BCUT2D eigenvalue weighted by Gasteiger charge is -2.14. The minimum Gasteiger partial charge on any atom is -0.491 e. The van der Waals surface area contributed by atoms with Gasteiger partial charge in [0.2, 0.25) is 0 Å². The van der Waals surface area contributed by atoms with Gasteiger partial charge in [-0.1, -0.05) is 18.2 Å². The topological polar surface area (TPSA) is 50.7 Å². The summed E-state index contributed by atoms with van der Waals surface area (Å²) in [4.78, 5) is 0. The zero-order valence-corrected chi connectivity index (χ0v) is 11.3. The Hall–Kier alpha value is -1.10. The van der Waals surface area contributed by atoms with Crippen LogP contribution in [0.4, 0.5) is 0 Å². The minimum absolute atomic E-state index is 0.316. The third-order valence-electron chi connectivity index (χ3n) is 3.23. The summed E-state index contributed by atoms with van der Waals surface area (Å²) in [6, 6.07) is 9.55. The van der Waals surface area contributed by atoms with E-state index in [1.807, 2.05) is 30.3 Å². The van der Waals surface area contributed by atoms with Crippen LogP contribution >= 0.6 is 0 Å². The lowest BCUT2D eigenvalue weighted by molar-refractivity contribution is 0.0942. The zero-order valence-electron chi connectivity index (χ0n) is 11.3. The molecule has 1 aromatic carbocycles. The molecule has 2 unspecified atom stereocenters. The largest absolute Gasteiger partial charge is 0.491 e. The molecular weight excluding hydrogens is 242 g/mol. The number of hydrogen-bond acceptors (Lipinski definition) is 4. The van der Waals surface area contributed by atoms with E-state index in [1.54, 1.807) is 0 Å². The molecule has 1 fully saturated rings. The fourth-order valence-corrected chi connectivity index (χ4v) is 2.17. The molecule has 1 heterocycles. The van der Waals surface area contributed by atoms with Crippen molar-refractivity contribution in [3.8, 4) is 5.75 Å². The normalized spacial score (nSPS) is 20.4. The van der Waals surface area contributed by atoms with Gasteiger partial charge >= 0.3 is 0 Å². The van der Waals surface area contributed by atoms with Crippen molar-refractivity contribution in [1.29, 1.82) is 0 Å². The molecule has 2 N–H and O–H groups in total. The minimum atomic E-state index is -0.482. The maximum Gasteiger partial charge on any atom is 0.119 e. The number of aliphatic hydroxyl groups excluding tert-OH is 1. The number of ether oxygens (including phenoxy) is 2. The van der Waals surface area contributed by atoms with E-state index in [9.17, 15) is 5.11 Å². The molecule has 0 radical (unpaired) electrons. The highest BCUT2D eigenvalue weighted by atomic mass is 16.5. The number of rotatable bonds is 8. The summed E-state index contributed by atoms with van der Waals surface area (Å²) in [5.74, 6) is 0.793. The second-order valence-corrected chi connectivity index (χ2v) is 4.91. The maximum atomic E-state index is 9.78. The highest BCUT2D eigenvalue weighted by Gasteiger charge is 2.14. The van der Waals surface area contributed by atoms with Gasteiger partial charge in [-0.05, 0) is 37.9 Å². The van der Waals surface area contributed by atoms with Crippen LogP contribution in [0.15, 0.2) is 30.3 Å². The lowest BCUT2D eigenvalue weighted by Crippen LogP contribution is -2.33. The van der Waals surface area contributed by atoms with Crippen LogP contribution in [0.25, 0.3) is 0 Å². The molecule has 0 aromatic heterocycles. The smallest absolute Gasteiger partial charge is 0.119 e. The van der Waals surface area contributed by atoms with Crippen molar-refractivity contribution in [2.24, 2.45) is 0 Å². The molecule has 1 aromatic rings. The molecule has 0 bridgehead atoms. The zero-order chi connectivity index (χ0) is 13.3. The SMILES string of the molecule is OC(CNCCC1CCCO1)COc1ccccc1. The van der Waals surface area contributed by atoms with Gasteiger partial charge in [0.25, 0.3) is 0 Å². The van der Waals surface area contributed by atoms with Gasteiger partial charge < -0.3 is 19.9 Å². The van der Waals surface area contributed by atoms with Crippen LogP contribution in [0.3, 0.4) is 0 Å². The van der Waals surface area contributed by atoms with Crippen molar-refractivity contribution < 1.29 is 14.6 Å². The molecule has 4 heteroatoms. The predicted molar refractivity (Wildman–Crippen MR) is 74.4 cm³/mol. The van der Waals surface area contributed by atoms with E-state index < -0.39 is 6.10 Å². The molecule has 0 amide bonds. The van der Waals surface area contributed by atoms with Crippen LogP contribution in [0.2, 0.25) is 0 Å². The van der Waals surface area contributed by atoms with Gasteiger partial charge in [-0.15, -0.1) is 0 Å². The lowest BCUT2D eigenvalue weighted by atomic mass is 10.2. The first-order valence-corrected chi connectivity index (χ1v) is 7.03. The van der Waals surface area contributed by atoms with E-state index in [0.29, 0.717) is 19.3 Å². The summed E-state index contributed by atoms with van der Waals surface area (Å²) in [6.07, 6.45) is 3.29. The molecule has 0 spiro atoms. The van der Waals surface area contributed by atoms with Crippen molar-refractivity contribution >= 4 is 0 Å². The van der Waals surface area contributed by atoms with Crippen LogP contribution in [0, 0.1) is 0 Å². The molecule has 106 valence electrons. The Morgan fingerprint density at radius 3 is 2.95 bits per heavy atom. The van der Waals surface area contributed by atoms with Crippen LogP contribution in [0.1, 0.15) is 19.3 Å². The van der Waals surface area contributed by atoms with E-state index in [4.69, 9.17) is 9.47 Å². The third kappa shape index (κ3) is 5.59. The third-order valence-corrected chi connectivity index (χ3v) is 3.23. The number of aliphatic hydroxyl groups is 1. The summed E-state index contributed by atoms with van der Waals surface area (Å²) >= 11 is 0. The molecule has 1 aliphatic rings. The molecule has 2 atom stereocenters. The van der Waals surface area contributed by atoms with E-state index >= 15 is 0 Å². The summed E-state index contributed by atoms with van der Waals surface area (Å²) in [5.41, 5.74) is 0. The Morgan fingerprint density at radius 2 is 2.21 bits per heavy atom. The molecule has 1 aliphatic heterocycles. The number of hydrogen-bond donors (Lipinski definition) is 2. The molecule has 0 saturated carbocycles. The fourth-order valence-electron chi connectivity index (χ4n) is 2.17. The van der Waals surface area contributed by atoms with Gasteiger partial charge in [0, 0.05) is 13.2 Å². The van der Waals surface area contributed by atoms with Crippen molar-refractivity contribution in [2.45, 2.75) is 31.5 Å². The second kappa shape index (κ2) is 8.15. The van der Waals surface area contributed by atoms with Gasteiger partial charge in [-0.3, -0.25) is 0 Å². The highest BCUT2D eigenvalue weighted by molar-refractivity contribution is 5.20. The summed E-state index contributed by atoms with van der Waals surface area (Å²) in [6.45, 7) is 2.65. The fraction of sp³-hybridized carbons (Fsp3) is 0.600. The average Bonchev–Trinajstić information content (AvgIpc) is 2.96. The summed E-state index contributed by atoms with van der Waals surface area (Å²) in [7, 11) is 0. The maximum absolute atomic E-state index is 9.78. The van der Waals surface area contributed by atoms with E-state index in [-0.39, 0.29) is 0 Å². The van der Waals surface area contributed by atoms with Crippen molar-refractivity contribution in [3.05, 3.63) is 30.3 Å². The first-order valence-electron chi connectivity index (χ1n) is 7.03. The molecular formula is C15H23NO3. The van der Waals surface area contributed by atoms with Crippen molar-refractivity contribution in [1.82, 2.24) is 5.32 Å². The van der Waals surface area contributed by atoms with Crippen LogP contribution in [0.5, 0.6) is 5.75 Å². The number of nitrogens with one attached hydrogen (secondary N) is 1. The van der Waals surface area contributed by atoms with Gasteiger partial charge in [0.15, 0.2) is 0 Å². The van der Waals surface area contributed by atoms with Gasteiger partial charge in [0.05, 0.1) is 6.10 Å². The standard InChI is InChI=1S/C15H23NO3/c17-13(12-19-14-5-2-1-3-6-14)11-16-9-8-15-7-4-10-18-15/h1-3,5-6,13,15-17H,4,7-12H2. The molecule has 0 aliphatic carbocycles. The molecule has 2 rings (SSSR count). The second-order valence-electron chi connectivity index (χ2n) is 4.91. The van der Waals surface area contributed by atoms with Crippen molar-refractivity contribution in [2.75, 3.05) is 26.3 Å². The Labute approximate surface area is 114 Å². The Morgan fingerprint density at radius 1 is 1.37 bits per heavy atom. The van der Waals surface area contributed by atoms with E-state index in [1.165, 1.54) is 12.8 Å². The predicted octanol–water partition coefficient (Wildman–Crippen LogP) is 1.58. The molecule has 4 nitrogen and oxygen atoms in total. The highest BCUT2D eigenvalue weighted by Crippen LogP contribution is 2.14. The number of para-hydroxylation sites is 1. The van der Waals surface area contributed by atoms with Crippen LogP contribution in [-0.4, -0.2) is 43.6 Å². The molecule has 1 saturated heterocycles. The Bertz CT molecular complexity index is 339. The summed E-state index contributed by atoms with van der Waals surface area (Å²) in [5, 5.41) is 13.0. The van der Waals surface area contributed by atoms with Gasteiger partial charge in [-0.25, -0.2) is 0 Å². The average molecular weight is 265 g/mol. The van der Waals surface area contributed by atoms with E-state index in [0.717, 1.165) is 25.3 Å². The van der Waals surface area contributed by atoms with Gasteiger partial charge in [0.1, 0.15) is 18.5 Å². The summed E-state index contributed by atoms with van der Waals surface area (Å²) < 4.78 is 11.0. The quantitative estimate of drug-likeness (QED) is 0.701. The molecule has 19 heavy (non-hydrogen) atoms. The Kier molecular flexibility index (Phi) is 6.14. The first-order chi connectivity index (χ1) is 9.34. The van der Waals surface area contributed by atoms with Crippen LogP contribution in [-0.2, 0) is 4.74 Å². The monoisotopic (exact) mass is 265 g/mol. The Balaban J connectivity index is 1.51. The van der Waals surface area contributed by atoms with E-state index in [2.05, 4.69) is 5.32 Å². The van der Waals surface area contributed by atoms with Gasteiger partial charge in [-0.2, -0.15) is 0 Å². The number of benzene rings is 1.